The van der Waals surface area contributed by atoms with E-state index >= 15 is 0 Å². The van der Waals surface area contributed by atoms with Crippen molar-refractivity contribution in [3.8, 4) is 11.8 Å². The summed E-state index contributed by atoms with van der Waals surface area (Å²) in [5, 5.41) is 8.88. The molecule has 0 atom stereocenters. The van der Waals surface area contributed by atoms with Crippen molar-refractivity contribution in [1.29, 1.82) is 5.26 Å². The lowest BCUT2D eigenvalue weighted by Gasteiger charge is -2.26. The Hall–Kier alpha value is -3.20. The van der Waals surface area contributed by atoms with Crippen LogP contribution in [0.4, 0.5) is 0 Å². The van der Waals surface area contributed by atoms with E-state index in [4.69, 9.17) is 25.2 Å². The van der Waals surface area contributed by atoms with Gasteiger partial charge in [0.25, 0.3) is 0 Å². The monoisotopic (exact) mass is 449 g/mol. The topological polar surface area (TPSA) is 149 Å². The number of carbonyl (C=O) groups is 2. The van der Waals surface area contributed by atoms with Gasteiger partial charge in [-0.15, -0.1) is 0 Å². The van der Waals surface area contributed by atoms with Gasteiger partial charge in [-0.2, -0.15) is 9.57 Å². The number of morpholine rings is 1. The number of nitrogens with two attached hydrogens (primary N) is 1. The molecule has 1 heterocycles. The van der Waals surface area contributed by atoms with Gasteiger partial charge < -0.3 is 19.9 Å². The zero-order chi connectivity index (χ0) is 23.0. The number of ketones is 1. The van der Waals surface area contributed by atoms with Crippen LogP contribution in [0.5, 0.6) is 5.75 Å². The Morgan fingerprint density at radius 2 is 2.00 bits per heavy atom. The van der Waals surface area contributed by atoms with Crippen LogP contribution in [0, 0.1) is 11.3 Å². The molecule has 1 aromatic rings. The fourth-order valence-corrected chi connectivity index (χ4v) is 4.31. The van der Waals surface area contributed by atoms with Gasteiger partial charge in [-0.3, -0.25) is 4.79 Å². The van der Waals surface area contributed by atoms with Crippen LogP contribution >= 0.6 is 0 Å². The van der Waals surface area contributed by atoms with E-state index in [2.05, 4.69) is 0 Å². The minimum absolute atomic E-state index is 0.0336. The molecular weight excluding hydrogens is 426 g/mol. The fourth-order valence-electron chi connectivity index (χ4n) is 2.72. The van der Waals surface area contributed by atoms with Gasteiger partial charge in [0, 0.05) is 24.9 Å². The van der Waals surface area contributed by atoms with Crippen molar-refractivity contribution < 1.29 is 32.2 Å². The summed E-state index contributed by atoms with van der Waals surface area (Å²) in [6.07, 6.45) is 2.39. The van der Waals surface area contributed by atoms with E-state index in [-0.39, 0.29) is 35.0 Å². The standard InChI is InChI=1S/C20H23N3O7S/c1-14(22)16(12-21)17(24)13-30-20(25)6-4-15-3-5-18(28-2)19(11-15)31(26,27)23-7-9-29-10-8-23/h3-6,11H,7-10,13,22H2,1-2H3/b6-4+,16-14-. The largest absolute Gasteiger partial charge is 0.495 e. The van der Waals surface area contributed by atoms with Gasteiger partial charge in [-0.25, -0.2) is 13.2 Å². The molecule has 0 aromatic heterocycles. The molecular formula is C20H23N3O7S. The normalized spacial score (nSPS) is 15.8. The highest BCUT2D eigenvalue weighted by Crippen LogP contribution is 2.28. The zero-order valence-electron chi connectivity index (χ0n) is 17.2. The van der Waals surface area contributed by atoms with E-state index in [9.17, 15) is 18.0 Å². The number of benzene rings is 1. The molecule has 2 N–H and O–H groups in total. The first kappa shape index (κ1) is 24.1. The highest BCUT2D eigenvalue weighted by Gasteiger charge is 2.29. The van der Waals surface area contributed by atoms with Crippen molar-refractivity contribution in [1.82, 2.24) is 4.31 Å². The Bertz CT molecular complexity index is 1050. The predicted octanol–water partition coefficient (Wildman–Crippen LogP) is 0.598. The van der Waals surface area contributed by atoms with E-state index in [1.54, 1.807) is 12.1 Å². The maximum Gasteiger partial charge on any atom is 0.331 e. The van der Waals surface area contributed by atoms with E-state index in [1.807, 2.05) is 0 Å². The second kappa shape index (κ2) is 10.7. The number of hydrogen-bond donors (Lipinski definition) is 1. The maximum atomic E-state index is 13.0. The Balaban J connectivity index is 2.15. The van der Waals surface area contributed by atoms with Crippen molar-refractivity contribution in [3.63, 3.8) is 0 Å². The van der Waals surface area contributed by atoms with E-state index in [0.717, 1.165) is 6.08 Å². The summed E-state index contributed by atoms with van der Waals surface area (Å²) in [5.41, 5.74) is 5.60. The Labute approximate surface area is 180 Å². The highest BCUT2D eigenvalue weighted by molar-refractivity contribution is 7.89. The molecule has 0 radical (unpaired) electrons. The predicted molar refractivity (Wildman–Crippen MR) is 110 cm³/mol. The molecule has 31 heavy (non-hydrogen) atoms. The summed E-state index contributed by atoms with van der Waals surface area (Å²) in [5.74, 6) is -1.38. The number of hydrogen-bond acceptors (Lipinski definition) is 9. The number of methoxy groups -OCH3 is 1. The number of nitrogens with zero attached hydrogens (tertiary/aromatic N) is 2. The van der Waals surface area contributed by atoms with Crippen LogP contribution < -0.4 is 10.5 Å². The molecule has 0 saturated carbocycles. The zero-order valence-corrected chi connectivity index (χ0v) is 18.0. The second-order valence-electron chi connectivity index (χ2n) is 6.46. The number of rotatable bonds is 8. The summed E-state index contributed by atoms with van der Waals surface area (Å²) >= 11 is 0. The number of nitriles is 1. The summed E-state index contributed by atoms with van der Waals surface area (Å²) in [6, 6.07) is 6.09. The lowest BCUT2D eigenvalue weighted by atomic mass is 10.1. The molecule has 1 saturated heterocycles. The number of allylic oxidation sites excluding steroid dienone is 1. The van der Waals surface area contributed by atoms with Crippen molar-refractivity contribution in [2.45, 2.75) is 11.8 Å². The average Bonchev–Trinajstić information content (AvgIpc) is 2.76. The van der Waals surface area contributed by atoms with Crippen molar-refractivity contribution in [2.24, 2.45) is 5.73 Å². The van der Waals surface area contributed by atoms with Crippen molar-refractivity contribution >= 4 is 27.9 Å². The van der Waals surface area contributed by atoms with E-state index < -0.39 is 28.4 Å². The van der Waals surface area contributed by atoms with Crippen LogP contribution in [0.2, 0.25) is 0 Å². The molecule has 0 unspecified atom stereocenters. The van der Waals surface area contributed by atoms with Crippen LogP contribution in [-0.2, 0) is 29.1 Å². The molecule has 0 spiro atoms. The SMILES string of the molecule is COc1ccc(/C=C/C(=O)OCC(=O)/C(C#N)=C(/C)N)cc1S(=O)(=O)N1CCOCC1. The van der Waals surface area contributed by atoms with Crippen LogP contribution in [0.15, 0.2) is 40.4 Å². The van der Waals surface area contributed by atoms with Gasteiger partial charge in [0.1, 0.15) is 22.3 Å². The second-order valence-corrected chi connectivity index (χ2v) is 8.37. The van der Waals surface area contributed by atoms with Gasteiger partial charge in [0.15, 0.2) is 6.61 Å². The number of esters is 1. The Morgan fingerprint density at radius 1 is 1.32 bits per heavy atom. The first-order valence-corrected chi connectivity index (χ1v) is 10.6. The third-order valence-corrected chi connectivity index (χ3v) is 6.24. The number of sulfonamides is 1. The first-order chi connectivity index (χ1) is 14.7. The molecule has 0 amide bonds. The number of Topliss-reactive ketones (excluding diaryl/α,β-unsaturated/α-hetero) is 1. The molecule has 10 nitrogen and oxygen atoms in total. The minimum atomic E-state index is -3.82. The highest BCUT2D eigenvalue weighted by atomic mass is 32.2. The van der Waals surface area contributed by atoms with Gasteiger partial charge in [0.05, 0.1) is 20.3 Å². The number of ether oxygens (including phenoxy) is 3. The first-order valence-electron chi connectivity index (χ1n) is 9.21. The third-order valence-electron chi connectivity index (χ3n) is 4.32. The van der Waals surface area contributed by atoms with Gasteiger partial charge in [-0.05, 0) is 30.7 Å². The van der Waals surface area contributed by atoms with E-state index in [0.29, 0.717) is 18.8 Å². The molecule has 0 bridgehead atoms. The van der Waals surface area contributed by atoms with Crippen LogP contribution in [0.1, 0.15) is 12.5 Å². The summed E-state index contributed by atoms with van der Waals surface area (Å²) in [6.45, 7) is 1.82. The molecule has 11 heteroatoms. The molecule has 2 rings (SSSR count). The van der Waals surface area contributed by atoms with Gasteiger partial charge >= 0.3 is 5.97 Å². The summed E-state index contributed by atoms with van der Waals surface area (Å²) in [7, 11) is -2.46. The van der Waals surface area contributed by atoms with Crippen LogP contribution in [0.3, 0.4) is 0 Å². The van der Waals surface area contributed by atoms with Gasteiger partial charge in [0.2, 0.25) is 15.8 Å². The molecule has 1 aliphatic rings. The van der Waals surface area contributed by atoms with Crippen LogP contribution in [-0.4, -0.2) is 64.5 Å². The molecule has 1 aliphatic heterocycles. The van der Waals surface area contributed by atoms with Gasteiger partial charge in [-0.1, -0.05) is 6.07 Å². The minimum Gasteiger partial charge on any atom is -0.495 e. The van der Waals surface area contributed by atoms with Crippen LogP contribution in [0.25, 0.3) is 6.08 Å². The maximum absolute atomic E-state index is 13.0. The average molecular weight is 449 g/mol. The summed E-state index contributed by atoms with van der Waals surface area (Å²) < 4.78 is 42.5. The fraction of sp³-hybridized carbons (Fsp3) is 0.350. The van der Waals surface area contributed by atoms with Crippen molar-refractivity contribution in [2.75, 3.05) is 40.0 Å². The smallest absolute Gasteiger partial charge is 0.331 e. The molecule has 166 valence electrons. The quantitative estimate of drug-likeness (QED) is 0.342. The van der Waals surface area contributed by atoms with Crippen molar-refractivity contribution in [3.05, 3.63) is 41.1 Å². The Morgan fingerprint density at radius 3 is 2.58 bits per heavy atom. The van der Waals surface area contributed by atoms with E-state index in [1.165, 1.54) is 36.5 Å². The summed E-state index contributed by atoms with van der Waals surface area (Å²) in [4.78, 5) is 23.7. The molecule has 0 aliphatic carbocycles. The third kappa shape index (κ3) is 6.14. The lowest BCUT2D eigenvalue weighted by Crippen LogP contribution is -2.40. The molecule has 1 aromatic carbocycles. The molecule has 1 fully saturated rings. The number of carbonyl (C=O) groups excluding carboxylic acids is 2. The Kier molecular flexibility index (Phi) is 8.32. The lowest BCUT2D eigenvalue weighted by molar-refractivity contribution is -0.141.